The van der Waals surface area contributed by atoms with Gasteiger partial charge in [-0.3, -0.25) is 9.59 Å². The highest BCUT2D eigenvalue weighted by Crippen LogP contribution is 2.33. The van der Waals surface area contributed by atoms with E-state index in [0.717, 1.165) is 40.8 Å². The van der Waals surface area contributed by atoms with E-state index in [1.54, 1.807) is 6.20 Å². The normalized spacial score (nSPS) is 14.1. The molecule has 0 aliphatic carbocycles. The first-order chi connectivity index (χ1) is 15.1. The van der Waals surface area contributed by atoms with Gasteiger partial charge in [0.15, 0.2) is 17.3 Å². The summed E-state index contributed by atoms with van der Waals surface area (Å²) in [7, 11) is 0. The number of hydrogen-bond donors (Lipinski definition) is 1. The second-order valence-electron chi connectivity index (χ2n) is 7.75. The zero-order chi connectivity index (χ0) is 21.8. The van der Waals surface area contributed by atoms with Gasteiger partial charge in [0.25, 0.3) is 0 Å². The summed E-state index contributed by atoms with van der Waals surface area (Å²) in [6.45, 7) is 5.31. The number of ketones is 1. The Morgan fingerprint density at radius 2 is 1.84 bits per heavy atom. The van der Waals surface area contributed by atoms with Gasteiger partial charge in [-0.05, 0) is 30.2 Å². The van der Waals surface area contributed by atoms with Crippen molar-refractivity contribution >= 4 is 22.6 Å². The van der Waals surface area contributed by atoms with Gasteiger partial charge >= 0.3 is 0 Å². The molecule has 4 rings (SSSR count). The Morgan fingerprint density at radius 1 is 1.06 bits per heavy atom. The van der Waals surface area contributed by atoms with Crippen LogP contribution in [-0.4, -0.2) is 29.5 Å². The lowest BCUT2D eigenvalue weighted by molar-refractivity contribution is -0.122. The second-order valence-corrected chi connectivity index (χ2v) is 7.75. The fraction of sp³-hybridized carbons (Fsp3) is 0.360. The number of aromatic nitrogens is 1. The molecule has 1 amide bonds. The van der Waals surface area contributed by atoms with Crippen molar-refractivity contribution in [2.75, 3.05) is 13.2 Å². The highest BCUT2D eigenvalue weighted by atomic mass is 16.5. The van der Waals surface area contributed by atoms with Crippen LogP contribution in [0.25, 0.3) is 10.9 Å². The predicted molar refractivity (Wildman–Crippen MR) is 120 cm³/mol. The Labute approximate surface area is 182 Å². The zero-order valence-electron chi connectivity index (χ0n) is 18.0. The average molecular weight is 421 g/mol. The molecule has 1 aliphatic heterocycles. The van der Waals surface area contributed by atoms with E-state index in [1.807, 2.05) is 60.9 Å². The Bertz CT molecular complexity index is 1100. The molecule has 0 radical (unpaired) electrons. The number of nitrogens with one attached hydrogen (secondary N) is 1. The molecule has 1 unspecified atom stereocenters. The van der Waals surface area contributed by atoms with Gasteiger partial charge in [-0.1, -0.05) is 38.1 Å². The van der Waals surface area contributed by atoms with Crippen LogP contribution < -0.4 is 14.8 Å². The topological polar surface area (TPSA) is 69.6 Å². The van der Waals surface area contributed by atoms with E-state index < -0.39 is 0 Å². The fourth-order valence-electron chi connectivity index (χ4n) is 4.00. The fourth-order valence-corrected chi connectivity index (χ4v) is 4.00. The Kier molecular flexibility index (Phi) is 6.26. The van der Waals surface area contributed by atoms with Crippen molar-refractivity contribution in [1.82, 2.24) is 9.88 Å². The molecular weight excluding hydrogens is 392 g/mol. The number of amides is 1. The van der Waals surface area contributed by atoms with Gasteiger partial charge in [0.1, 0.15) is 6.54 Å². The minimum absolute atomic E-state index is 0.0778. The molecule has 6 nitrogen and oxygen atoms in total. The van der Waals surface area contributed by atoms with Crippen LogP contribution in [0.1, 0.15) is 55.1 Å². The number of nitrogens with zero attached hydrogens (tertiary/aromatic N) is 1. The van der Waals surface area contributed by atoms with E-state index in [9.17, 15) is 9.59 Å². The van der Waals surface area contributed by atoms with Gasteiger partial charge in [-0.15, -0.1) is 0 Å². The molecule has 0 saturated carbocycles. The smallest absolute Gasteiger partial charge is 0.240 e. The van der Waals surface area contributed by atoms with Crippen LogP contribution in [0.5, 0.6) is 11.5 Å². The van der Waals surface area contributed by atoms with Gasteiger partial charge < -0.3 is 19.4 Å². The number of carbonyl (C=O) groups excluding carboxylic acids is 2. The molecule has 3 aromatic rings. The summed E-state index contributed by atoms with van der Waals surface area (Å²) in [5.41, 5.74) is 2.54. The monoisotopic (exact) mass is 420 g/mol. The van der Waals surface area contributed by atoms with Crippen molar-refractivity contribution in [2.45, 2.75) is 45.7 Å². The van der Waals surface area contributed by atoms with Crippen LogP contribution in [0.15, 0.2) is 48.7 Å². The number of para-hydroxylation sites is 1. The van der Waals surface area contributed by atoms with Crippen LogP contribution in [0, 0.1) is 0 Å². The first-order valence-electron chi connectivity index (χ1n) is 10.9. The molecule has 162 valence electrons. The highest BCUT2D eigenvalue weighted by Gasteiger charge is 2.19. The third kappa shape index (κ3) is 4.43. The number of benzene rings is 2. The molecule has 0 saturated heterocycles. The summed E-state index contributed by atoms with van der Waals surface area (Å²) in [4.78, 5) is 25.3. The molecule has 2 heterocycles. The van der Waals surface area contributed by atoms with E-state index in [1.165, 1.54) is 0 Å². The molecule has 0 spiro atoms. The van der Waals surface area contributed by atoms with Crippen molar-refractivity contribution in [3.8, 4) is 11.5 Å². The minimum atomic E-state index is -0.136. The van der Waals surface area contributed by atoms with Crippen LogP contribution >= 0.6 is 0 Å². The van der Waals surface area contributed by atoms with E-state index >= 15 is 0 Å². The van der Waals surface area contributed by atoms with Gasteiger partial charge in [-0.25, -0.2) is 0 Å². The maximum Gasteiger partial charge on any atom is 0.240 e. The summed E-state index contributed by atoms with van der Waals surface area (Å²) in [6, 6.07) is 13.4. The number of fused-ring (bicyclic) bond motifs is 2. The molecule has 31 heavy (non-hydrogen) atoms. The van der Waals surface area contributed by atoms with Crippen molar-refractivity contribution in [3.05, 3.63) is 59.8 Å². The lowest BCUT2D eigenvalue weighted by atomic mass is 10.0. The standard InChI is InChI=1S/C25H28N2O4/c1-3-20(17-10-11-23-24(14-17)31-13-7-12-30-23)26-25(29)16-27-15-19(22(28)4-2)18-8-5-6-9-21(18)27/h5-6,8-11,14-15,20H,3-4,7,12-13,16H2,1-2H3,(H,26,29). The number of ether oxygens (including phenoxy) is 2. The summed E-state index contributed by atoms with van der Waals surface area (Å²) >= 11 is 0. The Morgan fingerprint density at radius 3 is 2.61 bits per heavy atom. The van der Waals surface area contributed by atoms with E-state index in [0.29, 0.717) is 25.2 Å². The predicted octanol–water partition coefficient (Wildman–Crippen LogP) is 4.66. The van der Waals surface area contributed by atoms with E-state index in [-0.39, 0.29) is 24.3 Å². The van der Waals surface area contributed by atoms with Crippen LogP contribution in [0.4, 0.5) is 0 Å². The quantitative estimate of drug-likeness (QED) is 0.564. The number of rotatable bonds is 7. The molecule has 1 aliphatic rings. The molecule has 0 fully saturated rings. The van der Waals surface area contributed by atoms with Crippen LogP contribution in [0.3, 0.4) is 0 Å². The molecule has 1 N–H and O–H groups in total. The molecule has 2 aromatic carbocycles. The largest absolute Gasteiger partial charge is 0.490 e. The number of hydrogen-bond acceptors (Lipinski definition) is 4. The van der Waals surface area contributed by atoms with Gasteiger partial charge in [0.2, 0.25) is 5.91 Å². The van der Waals surface area contributed by atoms with E-state index in [4.69, 9.17) is 9.47 Å². The SMILES string of the molecule is CCC(=O)c1cn(CC(=O)NC(CC)c2ccc3c(c2)OCCCO3)c2ccccc12. The van der Waals surface area contributed by atoms with Crippen molar-refractivity contribution in [3.63, 3.8) is 0 Å². The molecule has 1 atom stereocenters. The maximum atomic E-state index is 12.9. The average Bonchev–Trinajstić information content (AvgIpc) is 2.98. The Balaban J connectivity index is 1.53. The highest BCUT2D eigenvalue weighted by molar-refractivity contribution is 6.08. The summed E-state index contributed by atoms with van der Waals surface area (Å²) in [5.74, 6) is 1.44. The Hall–Kier alpha value is -3.28. The molecule has 0 bridgehead atoms. The van der Waals surface area contributed by atoms with Crippen LogP contribution in [-0.2, 0) is 11.3 Å². The third-order valence-corrected chi connectivity index (χ3v) is 5.64. The molecular formula is C25H28N2O4. The van der Waals surface area contributed by atoms with Crippen molar-refractivity contribution < 1.29 is 19.1 Å². The van der Waals surface area contributed by atoms with Crippen LogP contribution in [0.2, 0.25) is 0 Å². The van der Waals surface area contributed by atoms with Gasteiger partial charge in [0, 0.05) is 35.5 Å². The van der Waals surface area contributed by atoms with Gasteiger partial charge in [0.05, 0.1) is 19.3 Å². The summed E-state index contributed by atoms with van der Waals surface area (Å²) in [6.07, 6.45) is 3.83. The number of Topliss-reactive ketones (excluding diaryl/α,β-unsaturated/α-hetero) is 1. The lowest BCUT2D eigenvalue weighted by Crippen LogP contribution is -2.31. The van der Waals surface area contributed by atoms with Crippen molar-refractivity contribution in [2.24, 2.45) is 0 Å². The first kappa shape index (κ1) is 21.0. The summed E-state index contributed by atoms with van der Waals surface area (Å²) < 4.78 is 13.4. The van der Waals surface area contributed by atoms with Gasteiger partial charge in [-0.2, -0.15) is 0 Å². The zero-order valence-corrected chi connectivity index (χ0v) is 18.0. The lowest BCUT2D eigenvalue weighted by Gasteiger charge is -2.19. The van der Waals surface area contributed by atoms with Crippen molar-refractivity contribution in [1.29, 1.82) is 0 Å². The summed E-state index contributed by atoms with van der Waals surface area (Å²) in [5, 5.41) is 4.02. The maximum absolute atomic E-state index is 12.9. The second kappa shape index (κ2) is 9.25. The number of carbonyl (C=O) groups is 2. The molecule has 1 aromatic heterocycles. The minimum Gasteiger partial charge on any atom is -0.490 e. The first-order valence-corrected chi connectivity index (χ1v) is 10.9. The third-order valence-electron chi connectivity index (χ3n) is 5.64. The molecule has 6 heteroatoms. The van der Waals surface area contributed by atoms with E-state index in [2.05, 4.69) is 5.32 Å².